The summed E-state index contributed by atoms with van der Waals surface area (Å²) in [5, 5.41) is 0. The predicted molar refractivity (Wildman–Crippen MR) is 38.9 cm³/mol. The molecular formula is C8H7F4N. The van der Waals surface area contributed by atoms with Crippen molar-refractivity contribution in [3.63, 3.8) is 0 Å². The van der Waals surface area contributed by atoms with Crippen molar-refractivity contribution in [2.24, 2.45) is 0 Å². The van der Waals surface area contributed by atoms with Crippen LogP contribution in [0.25, 0.3) is 0 Å². The third-order valence-electron chi connectivity index (χ3n) is 1.53. The molecular weight excluding hydrogens is 186 g/mol. The highest BCUT2D eigenvalue weighted by Crippen LogP contribution is 2.32. The zero-order valence-electron chi connectivity index (χ0n) is 6.77. The minimum Gasteiger partial charge on any atom is -0.254 e. The van der Waals surface area contributed by atoms with Crippen molar-refractivity contribution in [3.05, 3.63) is 29.6 Å². The third kappa shape index (κ3) is 1.96. The molecule has 0 unspecified atom stereocenters. The Morgan fingerprint density at radius 3 is 2.31 bits per heavy atom. The van der Waals surface area contributed by atoms with E-state index in [1.165, 1.54) is 6.07 Å². The molecule has 0 aliphatic rings. The predicted octanol–water partition coefficient (Wildman–Crippen LogP) is 2.75. The average molecular weight is 193 g/mol. The van der Waals surface area contributed by atoms with E-state index in [2.05, 4.69) is 4.98 Å². The number of pyridine rings is 1. The lowest BCUT2D eigenvalue weighted by Gasteiger charge is -2.13. The van der Waals surface area contributed by atoms with E-state index in [1.54, 1.807) is 6.92 Å². The number of nitrogens with zero attached hydrogens (tertiary/aromatic N) is 1. The number of halogens is 4. The second-order valence-corrected chi connectivity index (χ2v) is 2.64. The third-order valence-corrected chi connectivity index (χ3v) is 1.53. The summed E-state index contributed by atoms with van der Waals surface area (Å²) in [5.41, 5.74) is -0.248. The van der Waals surface area contributed by atoms with Crippen LogP contribution < -0.4 is 0 Å². The van der Waals surface area contributed by atoms with Gasteiger partial charge in [0.25, 0.3) is 0 Å². The molecule has 0 saturated heterocycles. The normalized spacial score (nSPS) is 12.2. The summed E-state index contributed by atoms with van der Waals surface area (Å²) in [4.78, 5) is 3.24. The molecule has 1 nitrogen and oxygen atoms in total. The van der Waals surface area contributed by atoms with Crippen LogP contribution in [0, 0.1) is 6.92 Å². The molecule has 5 heteroatoms. The van der Waals surface area contributed by atoms with E-state index in [4.69, 9.17) is 0 Å². The average Bonchev–Trinajstić information content (AvgIpc) is 2.04. The minimum absolute atomic E-state index is 0.647. The molecule has 0 atom stereocenters. The molecule has 0 N–H and O–H groups in total. The maximum atomic E-state index is 12.6. The fourth-order valence-corrected chi connectivity index (χ4v) is 0.777. The number of alkyl halides is 4. The molecule has 0 aromatic carbocycles. The maximum absolute atomic E-state index is 12.6. The first-order valence-corrected chi connectivity index (χ1v) is 3.53. The number of hydrogen-bond acceptors (Lipinski definition) is 1. The summed E-state index contributed by atoms with van der Waals surface area (Å²) in [6.45, 7) is 1.64. The second-order valence-electron chi connectivity index (χ2n) is 2.64. The topological polar surface area (TPSA) is 12.9 Å². The van der Waals surface area contributed by atoms with Crippen LogP contribution in [0.1, 0.15) is 11.3 Å². The number of aryl methyl sites for hydroxylation is 1. The van der Waals surface area contributed by atoms with Crippen LogP contribution in [-0.2, 0) is 5.92 Å². The summed E-state index contributed by atoms with van der Waals surface area (Å²) in [6, 6.07) is 2.22. The first-order valence-electron chi connectivity index (χ1n) is 3.53. The highest BCUT2D eigenvalue weighted by Gasteiger charge is 2.43. The molecule has 0 saturated carbocycles. The fourth-order valence-electron chi connectivity index (χ4n) is 0.777. The van der Waals surface area contributed by atoms with Crippen LogP contribution in [0.3, 0.4) is 0 Å². The van der Waals surface area contributed by atoms with Crippen molar-refractivity contribution in [1.82, 2.24) is 4.98 Å². The lowest BCUT2D eigenvalue weighted by molar-refractivity contribution is -0.138. The molecule has 1 aromatic rings. The standard InChI is InChI=1S/C8H7F4N/c1-5-2-3-6(13-4-5)8(11,12)7(9)10/h2-4,7H,1H3. The van der Waals surface area contributed by atoms with Gasteiger partial charge in [-0.05, 0) is 18.6 Å². The Morgan fingerprint density at radius 2 is 1.92 bits per heavy atom. The van der Waals surface area contributed by atoms with E-state index in [9.17, 15) is 17.6 Å². The van der Waals surface area contributed by atoms with Gasteiger partial charge in [0, 0.05) is 6.20 Å². The summed E-state index contributed by atoms with van der Waals surface area (Å²) in [6.07, 6.45) is -2.59. The SMILES string of the molecule is Cc1ccc(C(F)(F)C(F)F)nc1. The van der Waals surface area contributed by atoms with Gasteiger partial charge in [-0.3, -0.25) is 4.98 Å². The highest BCUT2D eigenvalue weighted by atomic mass is 19.3. The molecule has 1 heterocycles. The van der Waals surface area contributed by atoms with Gasteiger partial charge >= 0.3 is 12.3 Å². The van der Waals surface area contributed by atoms with Crippen molar-refractivity contribution in [1.29, 1.82) is 0 Å². The Morgan fingerprint density at radius 1 is 1.31 bits per heavy atom. The molecule has 0 aliphatic carbocycles. The molecule has 0 amide bonds. The smallest absolute Gasteiger partial charge is 0.254 e. The van der Waals surface area contributed by atoms with Crippen LogP contribution >= 0.6 is 0 Å². The van der Waals surface area contributed by atoms with Crippen LogP contribution in [0.2, 0.25) is 0 Å². The largest absolute Gasteiger partial charge is 0.348 e. The van der Waals surface area contributed by atoms with E-state index in [1.807, 2.05) is 0 Å². The first kappa shape index (κ1) is 9.95. The summed E-state index contributed by atoms with van der Waals surface area (Å²) < 4.78 is 48.8. The Kier molecular flexibility index (Phi) is 2.54. The molecule has 0 fully saturated rings. The van der Waals surface area contributed by atoms with Crippen molar-refractivity contribution in [2.75, 3.05) is 0 Å². The van der Waals surface area contributed by atoms with Gasteiger partial charge < -0.3 is 0 Å². The van der Waals surface area contributed by atoms with Gasteiger partial charge in [0.05, 0.1) is 0 Å². The van der Waals surface area contributed by atoms with Crippen molar-refractivity contribution in [2.45, 2.75) is 19.3 Å². The lowest BCUT2D eigenvalue weighted by Crippen LogP contribution is -2.24. The quantitative estimate of drug-likeness (QED) is 0.658. The molecule has 0 bridgehead atoms. The van der Waals surface area contributed by atoms with E-state index in [0.717, 1.165) is 12.3 Å². The van der Waals surface area contributed by atoms with Gasteiger partial charge in [0.15, 0.2) is 0 Å². The van der Waals surface area contributed by atoms with E-state index in [-0.39, 0.29) is 0 Å². The van der Waals surface area contributed by atoms with Crippen molar-refractivity contribution >= 4 is 0 Å². The minimum atomic E-state index is -4.16. The highest BCUT2D eigenvalue weighted by molar-refractivity contribution is 5.16. The molecule has 1 rings (SSSR count). The van der Waals surface area contributed by atoms with Gasteiger partial charge in [-0.1, -0.05) is 6.07 Å². The van der Waals surface area contributed by atoms with Crippen molar-refractivity contribution in [3.8, 4) is 0 Å². The molecule has 0 spiro atoms. The van der Waals surface area contributed by atoms with Gasteiger partial charge in [-0.2, -0.15) is 8.78 Å². The van der Waals surface area contributed by atoms with E-state index >= 15 is 0 Å². The molecule has 1 aromatic heterocycles. The van der Waals surface area contributed by atoms with Gasteiger partial charge in [0.1, 0.15) is 5.69 Å². The van der Waals surface area contributed by atoms with Crippen molar-refractivity contribution < 1.29 is 17.6 Å². The molecule has 0 aliphatic heterocycles. The number of rotatable bonds is 2. The van der Waals surface area contributed by atoms with E-state index < -0.39 is 18.0 Å². The maximum Gasteiger partial charge on any atom is 0.348 e. The van der Waals surface area contributed by atoms with Crippen LogP contribution in [0.5, 0.6) is 0 Å². The Balaban J connectivity index is 3.01. The van der Waals surface area contributed by atoms with Crippen LogP contribution in [0.15, 0.2) is 18.3 Å². The summed E-state index contributed by atoms with van der Waals surface area (Å²) >= 11 is 0. The second kappa shape index (κ2) is 3.32. The Labute approximate surface area is 72.4 Å². The first-order chi connectivity index (χ1) is 5.94. The summed E-state index contributed by atoms with van der Waals surface area (Å²) in [5.74, 6) is -4.16. The van der Waals surface area contributed by atoms with Crippen LogP contribution in [0.4, 0.5) is 17.6 Å². The summed E-state index contributed by atoms with van der Waals surface area (Å²) in [7, 11) is 0. The van der Waals surface area contributed by atoms with Gasteiger partial charge in [-0.15, -0.1) is 0 Å². The molecule has 0 radical (unpaired) electrons. The zero-order chi connectivity index (χ0) is 10.1. The molecule has 72 valence electrons. The Hall–Kier alpha value is -1.13. The monoisotopic (exact) mass is 193 g/mol. The van der Waals surface area contributed by atoms with Crippen LogP contribution in [-0.4, -0.2) is 11.4 Å². The van der Waals surface area contributed by atoms with Gasteiger partial charge in [-0.25, -0.2) is 8.78 Å². The number of aromatic nitrogens is 1. The Bertz CT molecular complexity index is 281. The van der Waals surface area contributed by atoms with Gasteiger partial charge in [0.2, 0.25) is 0 Å². The zero-order valence-corrected chi connectivity index (χ0v) is 6.77. The molecule has 13 heavy (non-hydrogen) atoms. The van der Waals surface area contributed by atoms with E-state index in [0.29, 0.717) is 5.56 Å². The fraction of sp³-hybridized carbons (Fsp3) is 0.375. The number of hydrogen-bond donors (Lipinski definition) is 0. The lowest BCUT2D eigenvalue weighted by atomic mass is 10.2.